The standard InChI is InChI=1S/C48H28/c1-5-17-33-29(13-1)30-14-2-6-18-34(30)42-26-46-39-23-11-12-24-40(39)48-28-44-36-20-8-4-16-32(36)31-15-3-7-19-35(31)43(44)27-47(48)38-22-10-9-21-37(38)45(46)25-41(33)42/h1-28H. The van der Waals surface area contributed by atoms with Crippen LogP contribution in [-0.4, -0.2) is 0 Å². The summed E-state index contributed by atoms with van der Waals surface area (Å²) in [5, 5.41) is 15.6. The van der Waals surface area contributed by atoms with E-state index in [0.29, 0.717) is 0 Å². The van der Waals surface area contributed by atoms with Gasteiger partial charge in [0.1, 0.15) is 0 Å². The van der Waals surface area contributed by atoms with Crippen molar-refractivity contribution >= 4 is 64.6 Å². The highest BCUT2D eigenvalue weighted by Gasteiger charge is 2.24. The van der Waals surface area contributed by atoms with E-state index in [0.717, 1.165) is 0 Å². The molecule has 0 N–H and O–H groups in total. The summed E-state index contributed by atoms with van der Waals surface area (Å²) in [6.45, 7) is 0. The summed E-state index contributed by atoms with van der Waals surface area (Å²) < 4.78 is 0. The second-order valence-electron chi connectivity index (χ2n) is 13.2. The van der Waals surface area contributed by atoms with Gasteiger partial charge in [0.25, 0.3) is 0 Å². The van der Waals surface area contributed by atoms with Crippen molar-refractivity contribution in [3.05, 3.63) is 170 Å². The summed E-state index contributed by atoms with van der Waals surface area (Å²) >= 11 is 0. The Kier molecular flexibility index (Phi) is 5.20. The van der Waals surface area contributed by atoms with Crippen LogP contribution >= 0.6 is 0 Å². The molecule has 48 heavy (non-hydrogen) atoms. The smallest absolute Gasteiger partial charge is 0.00923 e. The first kappa shape index (κ1) is 25.9. The summed E-state index contributed by atoms with van der Waals surface area (Å²) in [6.07, 6.45) is 0. The van der Waals surface area contributed by atoms with E-state index in [9.17, 15) is 0 Å². The SMILES string of the molecule is c1ccc2c(c1)-c1cc3c4ccccc4c4ccccc4c3cc1-c1ccccc1-c1cc3c4ccccc4c4ccccc4c3cc1-2. The van der Waals surface area contributed by atoms with Gasteiger partial charge in [0.2, 0.25) is 0 Å². The van der Waals surface area contributed by atoms with Crippen molar-refractivity contribution in [3.63, 3.8) is 0 Å². The molecule has 220 valence electrons. The van der Waals surface area contributed by atoms with E-state index in [1.807, 2.05) is 0 Å². The summed E-state index contributed by atoms with van der Waals surface area (Å²) in [4.78, 5) is 0. The minimum atomic E-state index is 1.27. The Labute approximate surface area is 278 Å². The van der Waals surface area contributed by atoms with Gasteiger partial charge < -0.3 is 0 Å². The van der Waals surface area contributed by atoms with E-state index in [2.05, 4.69) is 170 Å². The molecule has 0 heterocycles. The van der Waals surface area contributed by atoms with Crippen molar-refractivity contribution in [1.82, 2.24) is 0 Å². The van der Waals surface area contributed by atoms with E-state index in [1.54, 1.807) is 0 Å². The van der Waals surface area contributed by atoms with Gasteiger partial charge in [0.05, 0.1) is 0 Å². The van der Waals surface area contributed by atoms with Gasteiger partial charge >= 0.3 is 0 Å². The van der Waals surface area contributed by atoms with Crippen LogP contribution in [0.3, 0.4) is 0 Å². The van der Waals surface area contributed by atoms with Crippen LogP contribution in [0.4, 0.5) is 0 Å². The number of benzene rings is 10. The second-order valence-corrected chi connectivity index (χ2v) is 13.2. The molecule has 1 aliphatic rings. The van der Waals surface area contributed by atoms with Gasteiger partial charge in [0.15, 0.2) is 0 Å². The molecule has 0 radical (unpaired) electrons. The lowest BCUT2D eigenvalue weighted by molar-refractivity contribution is 1.55. The minimum absolute atomic E-state index is 1.27. The molecule has 0 unspecified atom stereocenters. The zero-order chi connectivity index (χ0) is 31.3. The molecule has 0 amide bonds. The fraction of sp³-hybridized carbons (Fsp3) is 0. The summed E-state index contributed by atoms with van der Waals surface area (Å²) in [5.41, 5.74) is 10.2. The summed E-state index contributed by atoms with van der Waals surface area (Å²) in [5.74, 6) is 0. The molecule has 11 rings (SSSR count). The Morgan fingerprint density at radius 3 is 0.521 bits per heavy atom. The lowest BCUT2D eigenvalue weighted by atomic mass is 9.78. The molecule has 0 saturated carbocycles. The molecule has 0 nitrogen and oxygen atoms in total. The number of hydrogen-bond donors (Lipinski definition) is 0. The third kappa shape index (κ3) is 3.44. The maximum Gasteiger partial charge on any atom is -0.00923 e. The van der Waals surface area contributed by atoms with Crippen LogP contribution in [0, 0.1) is 0 Å². The predicted octanol–water partition coefficient (Wildman–Crippen LogP) is 13.6. The minimum Gasteiger partial charge on any atom is -0.0616 e. The van der Waals surface area contributed by atoms with Gasteiger partial charge in [-0.2, -0.15) is 0 Å². The molecular weight excluding hydrogens is 577 g/mol. The highest BCUT2D eigenvalue weighted by atomic mass is 14.3. The molecule has 1 aliphatic carbocycles. The van der Waals surface area contributed by atoms with E-state index in [1.165, 1.54) is 109 Å². The van der Waals surface area contributed by atoms with Gasteiger partial charge in [0, 0.05) is 0 Å². The molecule has 10 aromatic rings. The van der Waals surface area contributed by atoms with Crippen LogP contribution in [0.5, 0.6) is 0 Å². The molecule has 0 saturated heterocycles. The average molecular weight is 605 g/mol. The van der Waals surface area contributed by atoms with Gasteiger partial charge in [-0.3, -0.25) is 0 Å². The van der Waals surface area contributed by atoms with E-state index in [4.69, 9.17) is 0 Å². The summed E-state index contributed by atoms with van der Waals surface area (Å²) in [6, 6.07) is 63.5. The zero-order valence-electron chi connectivity index (χ0n) is 26.2. The molecule has 0 fully saturated rings. The average Bonchev–Trinajstić information content (AvgIpc) is 3.17. The van der Waals surface area contributed by atoms with Crippen molar-refractivity contribution in [1.29, 1.82) is 0 Å². The molecule has 10 aromatic carbocycles. The molecule has 0 spiro atoms. The van der Waals surface area contributed by atoms with Crippen LogP contribution in [-0.2, 0) is 0 Å². The Morgan fingerprint density at radius 1 is 0.146 bits per heavy atom. The third-order valence-corrected chi connectivity index (χ3v) is 10.8. The molecular formula is C48H28. The maximum atomic E-state index is 2.48. The Morgan fingerprint density at radius 2 is 0.312 bits per heavy atom. The highest BCUT2D eigenvalue weighted by Crippen LogP contribution is 2.51. The molecule has 0 bridgehead atoms. The molecule has 0 atom stereocenters. The predicted molar refractivity (Wildman–Crippen MR) is 207 cm³/mol. The van der Waals surface area contributed by atoms with Crippen LogP contribution in [0.15, 0.2) is 170 Å². The van der Waals surface area contributed by atoms with E-state index < -0.39 is 0 Å². The summed E-state index contributed by atoms with van der Waals surface area (Å²) in [7, 11) is 0. The van der Waals surface area contributed by atoms with Crippen molar-refractivity contribution < 1.29 is 0 Å². The van der Waals surface area contributed by atoms with Crippen molar-refractivity contribution in [2.24, 2.45) is 0 Å². The monoisotopic (exact) mass is 604 g/mol. The number of hydrogen-bond acceptors (Lipinski definition) is 0. The Hall–Kier alpha value is -6.24. The highest BCUT2D eigenvalue weighted by molar-refractivity contribution is 6.29. The van der Waals surface area contributed by atoms with Crippen LogP contribution < -0.4 is 0 Å². The maximum absolute atomic E-state index is 2.48. The lowest BCUT2D eigenvalue weighted by Crippen LogP contribution is -1.98. The Balaban J connectivity index is 1.34. The molecule has 0 heteroatoms. The molecule has 0 aliphatic heterocycles. The largest absolute Gasteiger partial charge is 0.0616 e. The first-order chi connectivity index (χ1) is 23.8. The van der Waals surface area contributed by atoms with Crippen molar-refractivity contribution in [2.45, 2.75) is 0 Å². The Bertz CT molecular complexity index is 2590. The normalized spacial score (nSPS) is 12.2. The van der Waals surface area contributed by atoms with Gasteiger partial charge in [-0.25, -0.2) is 0 Å². The number of fused-ring (bicyclic) bond motifs is 20. The van der Waals surface area contributed by atoms with Crippen LogP contribution in [0.2, 0.25) is 0 Å². The van der Waals surface area contributed by atoms with E-state index in [-0.39, 0.29) is 0 Å². The van der Waals surface area contributed by atoms with Crippen LogP contribution in [0.25, 0.3) is 109 Å². The third-order valence-electron chi connectivity index (χ3n) is 10.8. The van der Waals surface area contributed by atoms with Crippen molar-refractivity contribution in [3.8, 4) is 44.5 Å². The zero-order valence-corrected chi connectivity index (χ0v) is 26.2. The number of rotatable bonds is 0. The second kappa shape index (κ2) is 9.64. The molecule has 0 aromatic heterocycles. The quantitative estimate of drug-likeness (QED) is 0.151. The fourth-order valence-electron chi connectivity index (χ4n) is 8.70. The van der Waals surface area contributed by atoms with Crippen LogP contribution in [0.1, 0.15) is 0 Å². The van der Waals surface area contributed by atoms with E-state index >= 15 is 0 Å². The first-order valence-electron chi connectivity index (χ1n) is 16.8. The topological polar surface area (TPSA) is 0 Å². The lowest BCUT2D eigenvalue weighted by Gasteiger charge is -2.25. The van der Waals surface area contributed by atoms with Gasteiger partial charge in [-0.15, -0.1) is 0 Å². The van der Waals surface area contributed by atoms with Gasteiger partial charge in [-0.05, 0) is 133 Å². The fourth-order valence-corrected chi connectivity index (χ4v) is 8.70. The van der Waals surface area contributed by atoms with Gasteiger partial charge in [-0.1, -0.05) is 146 Å². The van der Waals surface area contributed by atoms with Crippen molar-refractivity contribution in [2.75, 3.05) is 0 Å². The first-order valence-corrected chi connectivity index (χ1v) is 16.8.